The highest BCUT2D eigenvalue weighted by atomic mass is 16.1. The van der Waals surface area contributed by atoms with Gasteiger partial charge in [-0.1, -0.05) is 25.1 Å². The predicted octanol–water partition coefficient (Wildman–Crippen LogP) is 3.17. The predicted molar refractivity (Wildman–Crippen MR) is 66.7 cm³/mol. The number of rotatable bonds is 3. The van der Waals surface area contributed by atoms with E-state index in [1.165, 1.54) is 11.3 Å². The zero-order chi connectivity index (χ0) is 11.4. The van der Waals surface area contributed by atoms with Gasteiger partial charge in [-0.2, -0.15) is 0 Å². The van der Waals surface area contributed by atoms with E-state index in [0.29, 0.717) is 11.8 Å². The molecule has 1 aliphatic rings. The largest absolute Gasteiger partial charge is 0.382 e. The molecule has 1 saturated carbocycles. The molecule has 0 aliphatic heterocycles. The average molecular weight is 217 g/mol. The second kappa shape index (κ2) is 5.15. The van der Waals surface area contributed by atoms with Gasteiger partial charge < -0.3 is 5.32 Å². The molecule has 16 heavy (non-hydrogen) atoms. The van der Waals surface area contributed by atoms with Crippen LogP contribution in [0.4, 0.5) is 5.69 Å². The summed E-state index contributed by atoms with van der Waals surface area (Å²) in [7, 11) is 0. The summed E-state index contributed by atoms with van der Waals surface area (Å²) in [5.41, 5.74) is 2.60. The van der Waals surface area contributed by atoms with Gasteiger partial charge in [0.1, 0.15) is 5.78 Å². The highest BCUT2D eigenvalue weighted by Crippen LogP contribution is 2.22. The molecule has 1 aromatic carbocycles. The number of hydrogen-bond donors (Lipinski definition) is 1. The van der Waals surface area contributed by atoms with E-state index >= 15 is 0 Å². The second-order valence-electron chi connectivity index (χ2n) is 4.47. The molecule has 0 spiro atoms. The molecule has 2 nitrogen and oxygen atoms in total. The molecule has 0 radical (unpaired) electrons. The average Bonchev–Trinajstić information content (AvgIpc) is 2.33. The topological polar surface area (TPSA) is 29.1 Å². The number of Topliss-reactive ketones (excluding diaryl/α,β-unsaturated/α-hetero) is 1. The van der Waals surface area contributed by atoms with Gasteiger partial charge in [-0.15, -0.1) is 0 Å². The molecule has 86 valence electrons. The third kappa shape index (κ3) is 2.63. The first-order valence-corrected chi connectivity index (χ1v) is 6.15. The first-order valence-electron chi connectivity index (χ1n) is 6.15. The van der Waals surface area contributed by atoms with Crippen molar-refractivity contribution in [1.29, 1.82) is 0 Å². The molecule has 0 bridgehead atoms. The maximum atomic E-state index is 11.2. The number of hydrogen-bond acceptors (Lipinski definition) is 2. The number of aryl methyl sites for hydroxylation is 1. The summed E-state index contributed by atoms with van der Waals surface area (Å²) in [5.74, 6) is 0.418. The molecule has 2 heteroatoms. The Morgan fingerprint density at radius 1 is 1.25 bits per heavy atom. The fraction of sp³-hybridized carbons (Fsp3) is 0.500. The van der Waals surface area contributed by atoms with Crippen LogP contribution in [-0.4, -0.2) is 11.8 Å². The standard InChI is InChI=1S/C14H19NO/c1-2-11-5-3-4-6-14(11)15-12-7-9-13(16)10-8-12/h3-6,12,15H,2,7-10H2,1H3. The molecule has 0 amide bonds. The highest BCUT2D eigenvalue weighted by Gasteiger charge is 2.18. The molecule has 1 N–H and O–H groups in total. The zero-order valence-electron chi connectivity index (χ0n) is 9.83. The molecule has 0 saturated heterocycles. The molecular weight excluding hydrogens is 198 g/mol. The van der Waals surface area contributed by atoms with Crippen LogP contribution in [0.15, 0.2) is 24.3 Å². The maximum Gasteiger partial charge on any atom is 0.133 e. The number of carbonyl (C=O) groups is 1. The zero-order valence-corrected chi connectivity index (χ0v) is 9.83. The summed E-state index contributed by atoms with van der Waals surface area (Å²) >= 11 is 0. The van der Waals surface area contributed by atoms with E-state index in [1.807, 2.05) is 0 Å². The van der Waals surface area contributed by atoms with Crippen LogP contribution in [0.1, 0.15) is 38.2 Å². The Kier molecular flexibility index (Phi) is 3.60. The minimum Gasteiger partial charge on any atom is -0.382 e. The van der Waals surface area contributed by atoms with Crippen LogP contribution in [0, 0.1) is 0 Å². The first-order chi connectivity index (χ1) is 7.79. The Labute approximate surface area is 97.1 Å². The number of anilines is 1. The minimum atomic E-state index is 0.418. The number of para-hydroxylation sites is 1. The second-order valence-corrected chi connectivity index (χ2v) is 4.47. The van der Waals surface area contributed by atoms with Gasteiger partial charge in [0.25, 0.3) is 0 Å². The van der Waals surface area contributed by atoms with E-state index in [9.17, 15) is 4.79 Å². The fourth-order valence-corrected chi connectivity index (χ4v) is 2.27. The molecule has 1 aliphatic carbocycles. The summed E-state index contributed by atoms with van der Waals surface area (Å²) in [6.45, 7) is 2.17. The number of nitrogens with one attached hydrogen (secondary N) is 1. The van der Waals surface area contributed by atoms with Gasteiger partial charge in [-0.05, 0) is 30.9 Å². The number of carbonyl (C=O) groups excluding carboxylic acids is 1. The van der Waals surface area contributed by atoms with Gasteiger partial charge in [0.05, 0.1) is 0 Å². The number of benzene rings is 1. The van der Waals surface area contributed by atoms with Crippen LogP contribution in [-0.2, 0) is 11.2 Å². The SMILES string of the molecule is CCc1ccccc1NC1CCC(=O)CC1. The van der Waals surface area contributed by atoms with Crippen LogP contribution >= 0.6 is 0 Å². The molecular formula is C14H19NO. The van der Waals surface area contributed by atoms with Crippen molar-refractivity contribution >= 4 is 11.5 Å². The van der Waals surface area contributed by atoms with E-state index in [4.69, 9.17) is 0 Å². The minimum absolute atomic E-state index is 0.418. The molecule has 1 aromatic rings. The van der Waals surface area contributed by atoms with Gasteiger partial charge in [0.2, 0.25) is 0 Å². The first kappa shape index (κ1) is 11.2. The Hall–Kier alpha value is -1.31. The Balaban J connectivity index is 2.00. The van der Waals surface area contributed by atoms with Gasteiger partial charge >= 0.3 is 0 Å². The lowest BCUT2D eigenvalue weighted by Gasteiger charge is -2.24. The van der Waals surface area contributed by atoms with Crippen molar-refractivity contribution in [1.82, 2.24) is 0 Å². The lowest BCUT2D eigenvalue weighted by Crippen LogP contribution is -2.26. The molecule has 0 unspecified atom stereocenters. The molecule has 0 aromatic heterocycles. The normalized spacial score (nSPS) is 17.4. The van der Waals surface area contributed by atoms with Crippen molar-refractivity contribution in [2.45, 2.75) is 45.1 Å². The lowest BCUT2D eigenvalue weighted by molar-refractivity contribution is -0.120. The highest BCUT2D eigenvalue weighted by molar-refractivity contribution is 5.79. The number of ketones is 1. The van der Waals surface area contributed by atoms with Crippen molar-refractivity contribution in [2.24, 2.45) is 0 Å². The summed E-state index contributed by atoms with van der Waals surface area (Å²) in [6, 6.07) is 8.92. The third-order valence-corrected chi connectivity index (χ3v) is 3.30. The summed E-state index contributed by atoms with van der Waals surface area (Å²) < 4.78 is 0. The van der Waals surface area contributed by atoms with Crippen LogP contribution < -0.4 is 5.32 Å². The van der Waals surface area contributed by atoms with Gasteiger partial charge in [-0.25, -0.2) is 0 Å². The monoisotopic (exact) mass is 217 g/mol. The van der Waals surface area contributed by atoms with Crippen molar-refractivity contribution in [3.05, 3.63) is 29.8 Å². The van der Waals surface area contributed by atoms with E-state index in [0.717, 1.165) is 32.1 Å². The third-order valence-electron chi connectivity index (χ3n) is 3.30. The smallest absolute Gasteiger partial charge is 0.133 e. The van der Waals surface area contributed by atoms with Gasteiger partial charge in [0.15, 0.2) is 0 Å². The quantitative estimate of drug-likeness (QED) is 0.842. The van der Waals surface area contributed by atoms with Crippen molar-refractivity contribution < 1.29 is 4.79 Å². The van der Waals surface area contributed by atoms with Crippen LogP contribution in [0.2, 0.25) is 0 Å². The van der Waals surface area contributed by atoms with E-state index in [-0.39, 0.29) is 0 Å². The van der Waals surface area contributed by atoms with Crippen LogP contribution in [0.25, 0.3) is 0 Å². The maximum absolute atomic E-state index is 11.2. The van der Waals surface area contributed by atoms with E-state index in [1.54, 1.807) is 0 Å². The van der Waals surface area contributed by atoms with Crippen molar-refractivity contribution in [3.8, 4) is 0 Å². The molecule has 0 heterocycles. The van der Waals surface area contributed by atoms with Crippen LogP contribution in [0.3, 0.4) is 0 Å². The Bertz CT molecular complexity index is 363. The molecule has 1 fully saturated rings. The van der Waals surface area contributed by atoms with E-state index < -0.39 is 0 Å². The molecule has 0 atom stereocenters. The Morgan fingerprint density at radius 3 is 2.62 bits per heavy atom. The van der Waals surface area contributed by atoms with E-state index in [2.05, 4.69) is 36.5 Å². The van der Waals surface area contributed by atoms with Crippen LogP contribution in [0.5, 0.6) is 0 Å². The van der Waals surface area contributed by atoms with Crippen molar-refractivity contribution in [2.75, 3.05) is 5.32 Å². The van der Waals surface area contributed by atoms with Gasteiger partial charge in [0, 0.05) is 24.6 Å². The summed E-state index contributed by atoms with van der Waals surface area (Å²) in [5, 5.41) is 3.57. The Morgan fingerprint density at radius 2 is 1.94 bits per heavy atom. The lowest BCUT2D eigenvalue weighted by atomic mass is 9.94. The van der Waals surface area contributed by atoms with Gasteiger partial charge in [-0.3, -0.25) is 4.79 Å². The fourth-order valence-electron chi connectivity index (χ4n) is 2.27. The van der Waals surface area contributed by atoms with Crippen molar-refractivity contribution in [3.63, 3.8) is 0 Å². The summed E-state index contributed by atoms with van der Waals surface area (Å²) in [6.07, 6.45) is 4.50. The molecule has 2 rings (SSSR count). The summed E-state index contributed by atoms with van der Waals surface area (Å²) in [4.78, 5) is 11.2.